The number of nitrogens with one attached hydrogen (secondary N) is 1. The van der Waals surface area contributed by atoms with E-state index in [2.05, 4.69) is 5.32 Å². The van der Waals surface area contributed by atoms with Crippen molar-refractivity contribution in [3.8, 4) is 5.75 Å². The molecule has 0 saturated carbocycles. The van der Waals surface area contributed by atoms with Gasteiger partial charge in [0.25, 0.3) is 0 Å². The van der Waals surface area contributed by atoms with Crippen molar-refractivity contribution in [3.63, 3.8) is 0 Å². The standard InChI is InChI=1S/C15H24N2O3S/c1-4-9-20-14-5-7-15(8-6-14)21(18,19)17-10-12(2)16-13(3)11-17/h5-8,12-13,16H,4,9-11H2,1-3H3. The van der Waals surface area contributed by atoms with Crippen LogP contribution in [0.3, 0.4) is 0 Å². The highest BCUT2D eigenvalue weighted by Crippen LogP contribution is 2.21. The summed E-state index contributed by atoms with van der Waals surface area (Å²) in [6.45, 7) is 7.67. The highest BCUT2D eigenvalue weighted by molar-refractivity contribution is 7.89. The van der Waals surface area contributed by atoms with Crippen LogP contribution in [0.4, 0.5) is 0 Å². The Morgan fingerprint density at radius 2 is 1.76 bits per heavy atom. The lowest BCUT2D eigenvalue weighted by Crippen LogP contribution is -2.55. The van der Waals surface area contributed by atoms with E-state index in [1.165, 1.54) is 0 Å². The molecule has 2 unspecified atom stereocenters. The second kappa shape index (κ2) is 6.77. The van der Waals surface area contributed by atoms with Crippen LogP contribution in [-0.2, 0) is 10.0 Å². The molecule has 1 heterocycles. The van der Waals surface area contributed by atoms with Gasteiger partial charge >= 0.3 is 0 Å². The molecule has 1 fully saturated rings. The fourth-order valence-electron chi connectivity index (χ4n) is 2.55. The summed E-state index contributed by atoms with van der Waals surface area (Å²) < 4.78 is 32.4. The number of benzene rings is 1. The zero-order valence-corrected chi connectivity index (χ0v) is 13.7. The van der Waals surface area contributed by atoms with Crippen molar-refractivity contribution in [2.24, 2.45) is 0 Å². The zero-order chi connectivity index (χ0) is 15.5. The molecule has 1 N–H and O–H groups in total. The molecule has 2 atom stereocenters. The number of sulfonamides is 1. The van der Waals surface area contributed by atoms with Crippen molar-refractivity contribution >= 4 is 10.0 Å². The topological polar surface area (TPSA) is 58.6 Å². The predicted molar refractivity (Wildman–Crippen MR) is 83.0 cm³/mol. The number of ether oxygens (including phenoxy) is 1. The first-order valence-electron chi connectivity index (χ1n) is 7.42. The van der Waals surface area contributed by atoms with Gasteiger partial charge in [-0.05, 0) is 44.5 Å². The summed E-state index contributed by atoms with van der Waals surface area (Å²) in [6.07, 6.45) is 0.927. The molecule has 0 spiro atoms. The second-order valence-corrected chi connectivity index (χ2v) is 7.55. The van der Waals surface area contributed by atoms with E-state index >= 15 is 0 Å². The van der Waals surface area contributed by atoms with Gasteiger partial charge in [0, 0.05) is 25.2 Å². The molecule has 0 radical (unpaired) electrons. The van der Waals surface area contributed by atoms with E-state index in [9.17, 15) is 8.42 Å². The number of piperazine rings is 1. The highest BCUT2D eigenvalue weighted by Gasteiger charge is 2.31. The van der Waals surface area contributed by atoms with Gasteiger partial charge in [0.05, 0.1) is 11.5 Å². The van der Waals surface area contributed by atoms with E-state index in [0.29, 0.717) is 30.3 Å². The Bertz CT molecular complexity index is 547. The van der Waals surface area contributed by atoms with Crippen molar-refractivity contribution in [2.45, 2.75) is 44.2 Å². The van der Waals surface area contributed by atoms with Crippen LogP contribution in [0.25, 0.3) is 0 Å². The molecule has 5 nitrogen and oxygen atoms in total. The van der Waals surface area contributed by atoms with Crippen LogP contribution in [0.1, 0.15) is 27.2 Å². The number of hydrogen-bond donors (Lipinski definition) is 1. The van der Waals surface area contributed by atoms with Gasteiger partial charge in [-0.2, -0.15) is 4.31 Å². The Morgan fingerprint density at radius 3 is 2.29 bits per heavy atom. The monoisotopic (exact) mass is 312 g/mol. The first-order valence-corrected chi connectivity index (χ1v) is 8.86. The molecule has 1 aromatic rings. The van der Waals surface area contributed by atoms with Crippen LogP contribution >= 0.6 is 0 Å². The van der Waals surface area contributed by atoms with Gasteiger partial charge in [0.15, 0.2) is 0 Å². The Morgan fingerprint density at radius 1 is 1.19 bits per heavy atom. The molecule has 0 bridgehead atoms. The lowest BCUT2D eigenvalue weighted by molar-refractivity contribution is 0.263. The van der Waals surface area contributed by atoms with E-state index in [-0.39, 0.29) is 12.1 Å². The van der Waals surface area contributed by atoms with Crippen LogP contribution in [0.2, 0.25) is 0 Å². The highest BCUT2D eigenvalue weighted by atomic mass is 32.2. The van der Waals surface area contributed by atoms with Crippen molar-refractivity contribution in [1.82, 2.24) is 9.62 Å². The van der Waals surface area contributed by atoms with Gasteiger partial charge in [0.2, 0.25) is 10.0 Å². The van der Waals surface area contributed by atoms with E-state index in [1.807, 2.05) is 20.8 Å². The number of nitrogens with zero attached hydrogens (tertiary/aromatic N) is 1. The van der Waals surface area contributed by atoms with E-state index in [4.69, 9.17) is 4.74 Å². The van der Waals surface area contributed by atoms with Crippen molar-refractivity contribution in [1.29, 1.82) is 0 Å². The van der Waals surface area contributed by atoms with Gasteiger partial charge in [-0.1, -0.05) is 6.92 Å². The third-order valence-corrected chi connectivity index (χ3v) is 5.30. The summed E-state index contributed by atoms with van der Waals surface area (Å²) in [5.74, 6) is 0.706. The average molecular weight is 312 g/mol. The van der Waals surface area contributed by atoms with E-state index in [1.54, 1.807) is 28.6 Å². The molecule has 6 heteroatoms. The SMILES string of the molecule is CCCOc1ccc(S(=O)(=O)N2CC(C)NC(C)C2)cc1. The van der Waals surface area contributed by atoms with Gasteiger partial charge in [0.1, 0.15) is 5.75 Å². The molecule has 0 amide bonds. The molecule has 0 aliphatic carbocycles. The summed E-state index contributed by atoms with van der Waals surface area (Å²) in [6, 6.07) is 7.01. The maximum atomic E-state index is 12.7. The first kappa shape index (κ1) is 16.3. The largest absolute Gasteiger partial charge is 0.494 e. The number of rotatable bonds is 5. The van der Waals surface area contributed by atoms with Gasteiger partial charge < -0.3 is 10.1 Å². The first-order chi connectivity index (χ1) is 9.93. The fraction of sp³-hybridized carbons (Fsp3) is 0.600. The van der Waals surface area contributed by atoms with Crippen LogP contribution in [0.5, 0.6) is 5.75 Å². The van der Waals surface area contributed by atoms with Crippen molar-refractivity contribution in [3.05, 3.63) is 24.3 Å². The van der Waals surface area contributed by atoms with Crippen LogP contribution in [-0.4, -0.2) is 44.5 Å². The predicted octanol–water partition coefficient (Wildman–Crippen LogP) is 1.85. The summed E-state index contributed by atoms with van der Waals surface area (Å²) in [4.78, 5) is 0.327. The fourth-order valence-corrected chi connectivity index (χ4v) is 4.17. The summed E-state index contributed by atoms with van der Waals surface area (Å²) in [7, 11) is -3.43. The maximum absolute atomic E-state index is 12.7. The average Bonchev–Trinajstić information content (AvgIpc) is 2.44. The Balaban J connectivity index is 2.15. The number of hydrogen-bond acceptors (Lipinski definition) is 4. The molecular weight excluding hydrogens is 288 g/mol. The normalized spacial score (nSPS) is 24.0. The van der Waals surface area contributed by atoms with Gasteiger partial charge in [-0.3, -0.25) is 0 Å². The molecule has 21 heavy (non-hydrogen) atoms. The lowest BCUT2D eigenvalue weighted by Gasteiger charge is -2.35. The summed E-state index contributed by atoms with van der Waals surface area (Å²) >= 11 is 0. The maximum Gasteiger partial charge on any atom is 0.243 e. The molecule has 1 saturated heterocycles. The Kier molecular flexibility index (Phi) is 5.24. The van der Waals surface area contributed by atoms with Gasteiger partial charge in [-0.25, -0.2) is 8.42 Å². The van der Waals surface area contributed by atoms with Crippen molar-refractivity contribution < 1.29 is 13.2 Å². The minimum absolute atomic E-state index is 0.163. The van der Waals surface area contributed by atoms with Crippen LogP contribution < -0.4 is 10.1 Å². The summed E-state index contributed by atoms with van der Waals surface area (Å²) in [5.41, 5.74) is 0. The molecule has 118 valence electrons. The van der Waals surface area contributed by atoms with Crippen LogP contribution in [0.15, 0.2) is 29.2 Å². The molecule has 1 aromatic carbocycles. The Hall–Kier alpha value is -1.11. The van der Waals surface area contributed by atoms with E-state index in [0.717, 1.165) is 6.42 Å². The molecule has 2 rings (SSSR count). The minimum atomic E-state index is -3.43. The van der Waals surface area contributed by atoms with Gasteiger partial charge in [-0.15, -0.1) is 0 Å². The molecule has 1 aliphatic heterocycles. The smallest absolute Gasteiger partial charge is 0.243 e. The zero-order valence-electron chi connectivity index (χ0n) is 12.9. The molecule has 0 aromatic heterocycles. The Labute approximate surface area is 127 Å². The molecular formula is C15H24N2O3S. The second-order valence-electron chi connectivity index (χ2n) is 5.61. The molecule has 1 aliphatic rings. The summed E-state index contributed by atoms with van der Waals surface area (Å²) in [5, 5.41) is 3.34. The third-order valence-electron chi connectivity index (χ3n) is 3.46. The van der Waals surface area contributed by atoms with Crippen LogP contribution in [0, 0.1) is 0 Å². The minimum Gasteiger partial charge on any atom is -0.494 e. The van der Waals surface area contributed by atoms with E-state index < -0.39 is 10.0 Å². The van der Waals surface area contributed by atoms with Crippen molar-refractivity contribution in [2.75, 3.05) is 19.7 Å². The lowest BCUT2D eigenvalue weighted by atomic mass is 10.2. The quantitative estimate of drug-likeness (QED) is 0.901. The third kappa shape index (κ3) is 3.96.